The van der Waals surface area contributed by atoms with Crippen molar-refractivity contribution in [1.82, 2.24) is 9.97 Å². The lowest BCUT2D eigenvalue weighted by atomic mass is 10.3. The largest absolute Gasteiger partial charge is 0.369 e. The fourth-order valence-corrected chi connectivity index (χ4v) is 2.76. The third-order valence-corrected chi connectivity index (χ3v) is 3.82. The van der Waals surface area contributed by atoms with E-state index in [1.807, 2.05) is 0 Å². The Balaban J connectivity index is 2.28. The van der Waals surface area contributed by atoms with Gasteiger partial charge in [0.15, 0.2) is 0 Å². The van der Waals surface area contributed by atoms with E-state index in [9.17, 15) is 0 Å². The molecule has 2 aromatic rings. The highest BCUT2D eigenvalue weighted by Gasteiger charge is 2.09. The number of unbranched alkanes of at least 4 members (excludes halogenated alkanes) is 1. The standard InChI is InChI=1S/C14H22N4S/c1-4-6-8-15-12-11-9-10(3)19-13(11)18-14(17-12)16-7-5-2/h9H,4-8H2,1-3H3,(H2,15,16,17,18). The highest BCUT2D eigenvalue weighted by Crippen LogP contribution is 2.29. The summed E-state index contributed by atoms with van der Waals surface area (Å²) in [7, 11) is 0. The van der Waals surface area contributed by atoms with Crippen molar-refractivity contribution >= 4 is 33.3 Å². The zero-order chi connectivity index (χ0) is 13.7. The molecule has 0 aliphatic carbocycles. The topological polar surface area (TPSA) is 49.8 Å². The summed E-state index contributed by atoms with van der Waals surface area (Å²) in [5, 5.41) is 7.84. The van der Waals surface area contributed by atoms with Crippen molar-refractivity contribution < 1.29 is 0 Å². The third-order valence-electron chi connectivity index (χ3n) is 2.87. The number of hydrogen-bond donors (Lipinski definition) is 2. The van der Waals surface area contributed by atoms with Gasteiger partial charge in [0.1, 0.15) is 10.6 Å². The highest BCUT2D eigenvalue weighted by molar-refractivity contribution is 7.18. The van der Waals surface area contributed by atoms with Gasteiger partial charge in [-0.25, -0.2) is 4.98 Å². The summed E-state index contributed by atoms with van der Waals surface area (Å²) in [5.41, 5.74) is 0. The number of rotatable bonds is 7. The molecule has 19 heavy (non-hydrogen) atoms. The molecular formula is C14H22N4S. The Morgan fingerprint density at radius 3 is 2.68 bits per heavy atom. The predicted octanol–water partition coefficient (Wildman–Crippen LogP) is 4.03. The van der Waals surface area contributed by atoms with Gasteiger partial charge in [0, 0.05) is 18.0 Å². The smallest absolute Gasteiger partial charge is 0.226 e. The fourth-order valence-electron chi connectivity index (χ4n) is 1.88. The summed E-state index contributed by atoms with van der Waals surface area (Å²) in [6.45, 7) is 8.32. The molecule has 4 nitrogen and oxygen atoms in total. The minimum absolute atomic E-state index is 0.732. The SMILES string of the molecule is CCCCNc1nc(NCCC)nc2sc(C)cc12. The molecule has 0 aromatic carbocycles. The van der Waals surface area contributed by atoms with Crippen LogP contribution in [-0.4, -0.2) is 23.1 Å². The number of aromatic nitrogens is 2. The maximum Gasteiger partial charge on any atom is 0.226 e. The molecule has 0 saturated carbocycles. The second-order valence-corrected chi connectivity index (χ2v) is 5.91. The average Bonchev–Trinajstić information content (AvgIpc) is 2.77. The summed E-state index contributed by atoms with van der Waals surface area (Å²) in [6.07, 6.45) is 3.42. The first-order chi connectivity index (χ1) is 9.24. The van der Waals surface area contributed by atoms with Crippen LogP contribution in [0.2, 0.25) is 0 Å². The number of nitrogens with one attached hydrogen (secondary N) is 2. The molecule has 0 radical (unpaired) electrons. The van der Waals surface area contributed by atoms with Crippen molar-refractivity contribution in [3.8, 4) is 0 Å². The van der Waals surface area contributed by atoms with Crippen molar-refractivity contribution in [1.29, 1.82) is 0 Å². The monoisotopic (exact) mass is 278 g/mol. The molecule has 0 spiro atoms. The van der Waals surface area contributed by atoms with Gasteiger partial charge >= 0.3 is 0 Å². The summed E-state index contributed by atoms with van der Waals surface area (Å²) in [4.78, 5) is 11.5. The fraction of sp³-hybridized carbons (Fsp3) is 0.571. The van der Waals surface area contributed by atoms with Crippen LogP contribution in [0.15, 0.2) is 6.07 Å². The first-order valence-electron chi connectivity index (χ1n) is 7.00. The summed E-state index contributed by atoms with van der Waals surface area (Å²) >= 11 is 1.72. The Bertz CT molecular complexity index is 535. The van der Waals surface area contributed by atoms with Crippen LogP contribution in [0.5, 0.6) is 0 Å². The molecule has 2 rings (SSSR count). The minimum atomic E-state index is 0.732. The maximum absolute atomic E-state index is 4.60. The zero-order valence-corrected chi connectivity index (χ0v) is 12.7. The number of aryl methyl sites for hydroxylation is 1. The van der Waals surface area contributed by atoms with E-state index in [4.69, 9.17) is 0 Å². The Morgan fingerprint density at radius 2 is 1.95 bits per heavy atom. The molecule has 0 atom stereocenters. The van der Waals surface area contributed by atoms with Crippen LogP contribution in [0, 0.1) is 6.92 Å². The van der Waals surface area contributed by atoms with Gasteiger partial charge in [-0.2, -0.15) is 4.98 Å². The molecule has 0 aliphatic heterocycles. The van der Waals surface area contributed by atoms with Gasteiger partial charge in [-0.15, -0.1) is 11.3 Å². The van der Waals surface area contributed by atoms with E-state index in [0.717, 1.165) is 47.9 Å². The molecule has 0 unspecified atom stereocenters. The van der Waals surface area contributed by atoms with Crippen molar-refractivity contribution in [2.75, 3.05) is 23.7 Å². The normalized spacial score (nSPS) is 10.9. The van der Waals surface area contributed by atoms with Crippen LogP contribution >= 0.6 is 11.3 Å². The molecule has 0 amide bonds. The Labute approximate surface area is 118 Å². The molecule has 2 aromatic heterocycles. The Kier molecular flexibility index (Phi) is 4.96. The predicted molar refractivity (Wildman–Crippen MR) is 84.3 cm³/mol. The molecule has 5 heteroatoms. The summed E-state index contributed by atoms with van der Waals surface area (Å²) in [5.74, 6) is 1.69. The molecule has 2 N–H and O–H groups in total. The van der Waals surface area contributed by atoms with E-state index in [0.29, 0.717) is 0 Å². The van der Waals surface area contributed by atoms with Crippen LogP contribution in [0.4, 0.5) is 11.8 Å². The number of anilines is 2. The first-order valence-corrected chi connectivity index (χ1v) is 7.82. The van der Waals surface area contributed by atoms with Crippen LogP contribution in [-0.2, 0) is 0 Å². The van der Waals surface area contributed by atoms with Crippen LogP contribution < -0.4 is 10.6 Å². The first kappa shape index (κ1) is 14.1. The second kappa shape index (κ2) is 6.70. The molecule has 104 valence electrons. The minimum Gasteiger partial charge on any atom is -0.369 e. The molecule has 0 fully saturated rings. The average molecular weight is 278 g/mol. The quantitative estimate of drug-likeness (QED) is 0.751. The summed E-state index contributed by atoms with van der Waals surface area (Å²) in [6, 6.07) is 2.16. The van der Waals surface area contributed by atoms with Crippen molar-refractivity contribution in [2.24, 2.45) is 0 Å². The van der Waals surface area contributed by atoms with Crippen molar-refractivity contribution in [3.63, 3.8) is 0 Å². The molecule has 0 saturated heterocycles. The number of hydrogen-bond acceptors (Lipinski definition) is 5. The molecule has 2 heterocycles. The van der Waals surface area contributed by atoms with Gasteiger partial charge in [0.2, 0.25) is 5.95 Å². The van der Waals surface area contributed by atoms with Gasteiger partial charge in [0.25, 0.3) is 0 Å². The number of thiophene rings is 1. The zero-order valence-electron chi connectivity index (χ0n) is 11.9. The third kappa shape index (κ3) is 3.56. The Morgan fingerprint density at radius 1 is 1.11 bits per heavy atom. The lowest BCUT2D eigenvalue weighted by Crippen LogP contribution is -2.08. The van der Waals surface area contributed by atoms with Crippen LogP contribution in [0.25, 0.3) is 10.2 Å². The molecular weight excluding hydrogens is 256 g/mol. The lowest BCUT2D eigenvalue weighted by molar-refractivity contribution is 0.831. The van der Waals surface area contributed by atoms with Gasteiger partial charge in [-0.1, -0.05) is 20.3 Å². The van der Waals surface area contributed by atoms with Gasteiger partial charge < -0.3 is 10.6 Å². The van der Waals surface area contributed by atoms with Crippen LogP contribution in [0.3, 0.4) is 0 Å². The van der Waals surface area contributed by atoms with Gasteiger partial charge in [-0.05, 0) is 25.8 Å². The second-order valence-electron chi connectivity index (χ2n) is 4.68. The van der Waals surface area contributed by atoms with Gasteiger partial charge in [0.05, 0.1) is 5.39 Å². The van der Waals surface area contributed by atoms with E-state index in [-0.39, 0.29) is 0 Å². The van der Waals surface area contributed by atoms with E-state index in [1.54, 1.807) is 11.3 Å². The van der Waals surface area contributed by atoms with E-state index < -0.39 is 0 Å². The highest BCUT2D eigenvalue weighted by atomic mass is 32.1. The van der Waals surface area contributed by atoms with Crippen LogP contribution in [0.1, 0.15) is 38.0 Å². The van der Waals surface area contributed by atoms with Crippen molar-refractivity contribution in [2.45, 2.75) is 40.0 Å². The van der Waals surface area contributed by atoms with E-state index >= 15 is 0 Å². The number of nitrogens with zero attached hydrogens (tertiary/aromatic N) is 2. The molecule has 0 aliphatic rings. The number of fused-ring (bicyclic) bond motifs is 1. The summed E-state index contributed by atoms with van der Waals surface area (Å²) < 4.78 is 0. The Hall–Kier alpha value is -1.36. The van der Waals surface area contributed by atoms with E-state index in [2.05, 4.69) is 47.4 Å². The maximum atomic E-state index is 4.60. The lowest BCUT2D eigenvalue weighted by Gasteiger charge is -2.09. The molecule has 0 bridgehead atoms. The van der Waals surface area contributed by atoms with Crippen molar-refractivity contribution in [3.05, 3.63) is 10.9 Å². The van der Waals surface area contributed by atoms with E-state index in [1.165, 1.54) is 11.3 Å². The van der Waals surface area contributed by atoms with Gasteiger partial charge in [-0.3, -0.25) is 0 Å².